The van der Waals surface area contributed by atoms with Gasteiger partial charge in [0.1, 0.15) is 9.84 Å². The molecule has 118 valence electrons. The van der Waals surface area contributed by atoms with Crippen LogP contribution in [0.15, 0.2) is 18.2 Å². The molecule has 0 radical (unpaired) electrons. The summed E-state index contributed by atoms with van der Waals surface area (Å²) in [5, 5.41) is 0.724. The number of nitrogens with zero attached hydrogens (tertiary/aromatic N) is 1. The van der Waals surface area contributed by atoms with Gasteiger partial charge in [0.2, 0.25) is 5.91 Å². The number of hydrogen-bond donors (Lipinski definition) is 0. The number of rotatable bonds is 1. The number of sulfone groups is 1. The number of benzene rings is 1. The fourth-order valence-electron chi connectivity index (χ4n) is 4.00. The zero-order valence-electron chi connectivity index (χ0n) is 12.2. The number of carbonyl (C=O) groups excluding carboxylic acids is 1. The van der Waals surface area contributed by atoms with E-state index in [1.54, 1.807) is 0 Å². The highest BCUT2D eigenvalue weighted by atomic mass is 35.5. The fourth-order valence-corrected chi connectivity index (χ4v) is 5.91. The number of anilines is 1. The second-order valence-corrected chi connectivity index (χ2v) is 9.46. The van der Waals surface area contributed by atoms with Crippen molar-refractivity contribution in [2.24, 2.45) is 11.3 Å². The summed E-state index contributed by atoms with van der Waals surface area (Å²) in [5.74, 6) is 0.617. The Balaban J connectivity index is 1.53. The van der Waals surface area contributed by atoms with Gasteiger partial charge in [0.05, 0.1) is 11.5 Å². The summed E-state index contributed by atoms with van der Waals surface area (Å²) in [4.78, 5) is 14.7. The molecule has 1 saturated carbocycles. The Bertz CT molecular complexity index is 745. The van der Waals surface area contributed by atoms with Crippen molar-refractivity contribution in [2.45, 2.75) is 25.7 Å². The molecule has 1 aromatic rings. The van der Waals surface area contributed by atoms with Gasteiger partial charge in [-0.15, -0.1) is 0 Å². The number of carbonyl (C=O) groups is 1. The van der Waals surface area contributed by atoms with E-state index in [0.717, 1.165) is 29.1 Å². The van der Waals surface area contributed by atoms with Crippen LogP contribution in [0.3, 0.4) is 0 Å². The highest BCUT2D eigenvalue weighted by Gasteiger charge is 2.60. The van der Waals surface area contributed by atoms with Crippen LogP contribution >= 0.6 is 11.6 Å². The Morgan fingerprint density at radius 3 is 2.73 bits per heavy atom. The van der Waals surface area contributed by atoms with Crippen molar-refractivity contribution < 1.29 is 13.2 Å². The van der Waals surface area contributed by atoms with Crippen LogP contribution in [0.5, 0.6) is 0 Å². The maximum absolute atomic E-state index is 12.8. The van der Waals surface area contributed by atoms with Crippen molar-refractivity contribution in [1.29, 1.82) is 0 Å². The lowest BCUT2D eigenvalue weighted by Crippen LogP contribution is -2.34. The molecule has 4 nitrogen and oxygen atoms in total. The van der Waals surface area contributed by atoms with Gasteiger partial charge in [-0.25, -0.2) is 8.42 Å². The molecule has 1 unspecified atom stereocenters. The van der Waals surface area contributed by atoms with Gasteiger partial charge in [0.25, 0.3) is 0 Å². The normalized spacial score (nSPS) is 27.7. The van der Waals surface area contributed by atoms with E-state index in [2.05, 4.69) is 0 Å². The molecule has 1 aromatic carbocycles. The third-order valence-corrected chi connectivity index (χ3v) is 7.55. The SMILES string of the molecule is O=C(C1CC12CCS(=O)(=O)CC2)N1CCc2c(Cl)cccc21. The molecule has 2 fully saturated rings. The summed E-state index contributed by atoms with van der Waals surface area (Å²) in [6.45, 7) is 0.683. The first-order valence-corrected chi connectivity index (χ1v) is 9.91. The summed E-state index contributed by atoms with van der Waals surface area (Å²) in [5.41, 5.74) is 1.94. The third-order valence-electron chi connectivity index (χ3n) is 5.55. The lowest BCUT2D eigenvalue weighted by Gasteiger charge is -2.24. The second-order valence-electron chi connectivity index (χ2n) is 6.75. The molecule has 22 heavy (non-hydrogen) atoms. The van der Waals surface area contributed by atoms with E-state index in [0.29, 0.717) is 19.4 Å². The first kappa shape index (κ1) is 14.5. The summed E-state index contributed by atoms with van der Waals surface area (Å²) < 4.78 is 23.2. The van der Waals surface area contributed by atoms with Gasteiger partial charge in [0.15, 0.2) is 0 Å². The lowest BCUT2D eigenvalue weighted by molar-refractivity contribution is -0.120. The number of halogens is 1. The molecular formula is C16H18ClNO3S. The van der Waals surface area contributed by atoms with Gasteiger partial charge in [-0.2, -0.15) is 0 Å². The van der Waals surface area contributed by atoms with Crippen LogP contribution in [0, 0.1) is 11.3 Å². The minimum Gasteiger partial charge on any atom is -0.312 e. The first-order chi connectivity index (χ1) is 10.4. The predicted octanol–water partition coefficient (Wildman–Crippen LogP) is 2.44. The molecule has 2 aliphatic heterocycles. The highest BCUT2D eigenvalue weighted by Crippen LogP contribution is 2.60. The molecular weight excluding hydrogens is 322 g/mol. The van der Waals surface area contributed by atoms with Crippen molar-refractivity contribution in [3.63, 3.8) is 0 Å². The molecule has 1 aliphatic carbocycles. The Morgan fingerprint density at radius 2 is 2.00 bits per heavy atom. The van der Waals surface area contributed by atoms with E-state index in [1.165, 1.54) is 0 Å². The molecule has 1 saturated heterocycles. The topological polar surface area (TPSA) is 54.5 Å². The van der Waals surface area contributed by atoms with Gasteiger partial charge in [-0.05, 0) is 48.8 Å². The van der Waals surface area contributed by atoms with E-state index in [1.807, 2.05) is 23.1 Å². The molecule has 1 spiro atoms. The Labute approximate surface area is 135 Å². The van der Waals surface area contributed by atoms with Crippen LogP contribution in [0.2, 0.25) is 5.02 Å². The zero-order chi connectivity index (χ0) is 15.5. The Morgan fingerprint density at radius 1 is 1.27 bits per heavy atom. The van der Waals surface area contributed by atoms with E-state index < -0.39 is 9.84 Å². The number of hydrogen-bond acceptors (Lipinski definition) is 3. The predicted molar refractivity (Wildman–Crippen MR) is 85.9 cm³/mol. The maximum Gasteiger partial charge on any atom is 0.230 e. The standard InChI is InChI=1S/C16H18ClNO3S/c17-13-2-1-3-14-11(13)4-7-18(14)15(19)12-10-16(12)5-8-22(20,21)9-6-16/h1-3,12H,4-10H2. The summed E-state index contributed by atoms with van der Waals surface area (Å²) in [6.07, 6.45) is 2.92. The van der Waals surface area contributed by atoms with Crippen molar-refractivity contribution >= 4 is 33.0 Å². The quantitative estimate of drug-likeness (QED) is 0.789. The first-order valence-electron chi connectivity index (χ1n) is 7.71. The van der Waals surface area contributed by atoms with Gasteiger partial charge in [-0.3, -0.25) is 4.79 Å². The molecule has 0 bridgehead atoms. The Hall–Kier alpha value is -1.07. The van der Waals surface area contributed by atoms with Crippen molar-refractivity contribution in [3.05, 3.63) is 28.8 Å². The highest BCUT2D eigenvalue weighted by molar-refractivity contribution is 7.91. The van der Waals surface area contributed by atoms with Crippen molar-refractivity contribution in [3.8, 4) is 0 Å². The number of fused-ring (bicyclic) bond motifs is 1. The van der Waals surface area contributed by atoms with Crippen LogP contribution in [0.1, 0.15) is 24.8 Å². The third kappa shape index (κ3) is 2.17. The number of amides is 1. The minimum absolute atomic E-state index is 0.00654. The lowest BCUT2D eigenvalue weighted by atomic mass is 9.96. The van der Waals surface area contributed by atoms with Crippen LogP contribution in [-0.2, 0) is 21.1 Å². The maximum atomic E-state index is 12.8. The average Bonchev–Trinajstić information content (AvgIpc) is 3.01. The average molecular weight is 340 g/mol. The van der Waals surface area contributed by atoms with Crippen molar-refractivity contribution in [1.82, 2.24) is 0 Å². The van der Waals surface area contributed by atoms with Crippen LogP contribution in [-0.4, -0.2) is 32.4 Å². The Kier molecular flexibility index (Phi) is 3.11. The van der Waals surface area contributed by atoms with Crippen molar-refractivity contribution in [2.75, 3.05) is 23.0 Å². The minimum atomic E-state index is -2.88. The van der Waals surface area contributed by atoms with Gasteiger partial charge >= 0.3 is 0 Å². The molecule has 4 rings (SSSR count). The van der Waals surface area contributed by atoms with Gasteiger partial charge < -0.3 is 4.90 Å². The van der Waals surface area contributed by atoms with Gasteiger partial charge in [0, 0.05) is 23.2 Å². The van der Waals surface area contributed by atoms with E-state index in [4.69, 9.17) is 11.6 Å². The summed E-state index contributed by atoms with van der Waals surface area (Å²) in [6, 6.07) is 5.69. The van der Waals surface area contributed by atoms with Crippen LogP contribution in [0.25, 0.3) is 0 Å². The van der Waals surface area contributed by atoms with E-state index >= 15 is 0 Å². The second kappa shape index (κ2) is 4.71. The van der Waals surface area contributed by atoms with E-state index in [9.17, 15) is 13.2 Å². The molecule has 3 aliphatic rings. The molecule has 1 amide bonds. The molecule has 2 heterocycles. The van der Waals surface area contributed by atoms with E-state index in [-0.39, 0.29) is 28.7 Å². The summed E-state index contributed by atoms with van der Waals surface area (Å²) >= 11 is 6.20. The molecule has 1 atom stereocenters. The molecule has 0 N–H and O–H groups in total. The van der Waals surface area contributed by atoms with Gasteiger partial charge in [-0.1, -0.05) is 17.7 Å². The molecule has 6 heteroatoms. The monoisotopic (exact) mass is 339 g/mol. The zero-order valence-corrected chi connectivity index (χ0v) is 13.8. The van der Waals surface area contributed by atoms with Crippen LogP contribution in [0.4, 0.5) is 5.69 Å². The largest absolute Gasteiger partial charge is 0.312 e. The summed E-state index contributed by atoms with van der Waals surface area (Å²) in [7, 11) is -2.88. The van der Waals surface area contributed by atoms with Crippen LogP contribution < -0.4 is 4.90 Å². The fraction of sp³-hybridized carbons (Fsp3) is 0.562. The molecule has 0 aromatic heterocycles. The smallest absolute Gasteiger partial charge is 0.230 e.